The monoisotopic (exact) mass is 535 g/mol. The van der Waals surface area contributed by atoms with Gasteiger partial charge in [-0.25, -0.2) is 9.37 Å². The Morgan fingerprint density at radius 3 is 2.50 bits per heavy atom. The molecule has 204 valence electrons. The standard InChI is InChI=1S/C33H34FN5O/c34-25-4-3-5-26(19-25)36-28-13-12-24(18-27(28)31(35)22-10-11-22)33(40)38-16-14-23(15-17-38)32-37-29-6-1-2-7-30(29)39(32)20-21-8-9-21/h1-7,12-13,18-19,21-23,35-36H,8-11,14-17,20H2. The summed E-state index contributed by atoms with van der Waals surface area (Å²) >= 11 is 0. The first-order chi connectivity index (χ1) is 19.5. The summed E-state index contributed by atoms with van der Waals surface area (Å²) in [6.45, 7) is 2.42. The van der Waals surface area contributed by atoms with Crippen molar-refractivity contribution in [2.75, 3.05) is 18.4 Å². The van der Waals surface area contributed by atoms with Crippen molar-refractivity contribution < 1.29 is 9.18 Å². The van der Waals surface area contributed by atoms with Crippen LogP contribution in [0.15, 0.2) is 66.7 Å². The molecule has 4 aromatic rings. The van der Waals surface area contributed by atoms with E-state index in [1.807, 2.05) is 23.1 Å². The van der Waals surface area contributed by atoms with E-state index in [1.54, 1.807) is 12.1 Å². The zero-order chi connectivity index (χ0) is 27.2. The van der Waals surface area contributed by atoms with Gasteiger partial charge in [0, 0.05) is 59.7 Å². The molecule has 1 amide bonds. The van der Waals surface area contributed by atoms with E-state index in [9.17, 15) is 9.18 Å². The summed E-state index contributed by atoms with van der Waals surface area (Å²) in [5.41, 5.74) is 5.51. The molecule has 2 aliphatic carbocycles. The molecule has 2 heterocycles. The molecule has 7 heteroatoms. The molecule has 1 aromatic heterocycles. The number of nitrogens with zero attached hydrogens (tertiary/aromatic N) is 3. The van der Waals surface area contributed by atoms with Crippen molar-refractivity contribution in [3.63, 3.8) is 0 Å². The predicted molar refractivity (Wildman–Crippen MR) is 156 cm³/mol. The molecule has 40 heavy (non-hydrogen) atoms. The predicted octanol–water partition coefficient (Wildman–Crippen LogP) is 7.13. The van der Waals surface area contributed by atoms with E-state index >= 15 is 0 Å². The molecule has 2 N–H and O–H groups in total. The molecule has 6 nitrogen and oxygen atoms in total. The maximum atomic E-state index is 13.8. The minimum absolute atomic E-state index is 0.00656. The van der Waals surface area contributed by atoms with E-state index in [1.165, 1.54) is 36.3 Å². The second-order valence-electron chi connectivity index (χ2n) is 11.7. The van der Waals surface area contributed by atoms with Crippen LogP contribution in [0.4, 0.5) is 15.8 Å². The Balaban J connectivity index is 1.09. The highest BCUT2D eigenvalue weighted by Crippen LogP contribution is 2.38. The van der Waals surface area contributed by atoms with Gasteiger partial charge in [0.1, 0.15) is 11.6 Å². The minimum Gasteiger partial charge on any atom is -0.355 e. The lowest BCUT2D eigenvalue weighted by atomic mass is 9.94. The van der Waals surface area contributed by atoms with E-state index < -0.39 is 0 Å². The Labute approximate surface area is 233 Å². The van der Waals surface area contributed by atoms with Gasteiger partial charge in [-0.15, -0.1) is 0 Å². The van der Waals surface area contributed by atoms with Crippen LogP contribution in [0.2, 0.25) is 0 Å². The number of hydrogen-bond acceptors (Lipinski definition) is 4. The fraction of sp³-hybridized carbons (Fsp3) is 0.364. The lowest BCUT2D eigenvalue weighted by molar-refractivity contribution is 0.0710. The molecule has 3 aromatic carbocycles. The number of carbonyl (C=O) groups is 1. The Morgan fingerprint density at radius 2 is 1.75 bits per heavy atom. The lowest BCUT2D eigenvalue weighted by Gasteiger charge is -2.32. The van der Waals surface area contributed by atoms with Gasteiger partial charge in [0.2, 0.25) is 0 Å². The molecule has 2 saturated carbocycles. The van der Waals surface area contributed by atoms with E-state index in [0.717, 1.165) is 54.9 Å². The SMILES string of the molecule is N=C(c1cc(C(=O)N2CCC(c3nc4ccccc4n3CC3CC3)CC2)ccc1Nc1cccc(F)c1)C1CC1. The number of likely N-dealkylation sites (tertiary alicyclic amines) is 1. The summed E-state index contributed by atoms with van der Waals surface area (Å²) in [6, 6.07) is 20.3. The van der Waals surface area contributed by atoms with Crippen LogP contribution in [0, 0.1) is 23.1 Å². The van der Waals surface area contributed by atoms with Gasteiger partial charge in [-0.3, -0.25) is 4.79 Å². The van der Waals surface area contributed by atoms with Crippen LogP contribution in [0.1, 0.15) is 66.2 Å². The number of fused-ring (bicyclic) bond motifs is 1. The Hall–Kier alpha value is -4.00. The number of imidazole rings is 1. The van der Waals surface area contributed by atoms with Crippen molar-refractivity contribution in [3.05, 3.63) is 89.5 Å². The molecule has 1 aliphatic heterocycles. The van der Waals surface area contributed by atoms with Crippen molar-refractivity contribution in [1.29, 1.82) is 5.41 Å². The summed E-state index contributed by atoms with van der Waals surface area (Å²) in [5, 5.41) is 12.0. The highest BCUT2D eigenvalue weighted by atomic mass is 19.1. The average molecular weight is 536 g/mol. The third-order valence-corrected chi connectivity index (χ3v) is 8.62. The maximum absolute atomic E-state index is 13.8. The average Bonchev–Trinajstić information content (AvgIpc) is 3.91. The summed E-state index contributed by atoms with van der Waals surface area (Å²) in [6.07, 6.45) is 6.38. The zero-order valence-electron chi connectivity index (χ0n) is 22.6. The van der Waals surface area contributed by atoms with Crippen LogP contribution in [0.5, 0.6) is 0 Å². The molecular weight excluding hydrogens is 501 g/mol. The van der Waals surface area contributed by atoms with Gasteiger partial charge in [0.15, 0.2) is 0 Å². The fourth-order valence-electron chi connectivity index (χ4n) is 6.00. The first-order valence-electron chi connectivity index (χ1n) is 14.5. The highest BCUT2D eigenvalue weighted by molar-refractivity contribution is 6.08. The van der Waals surface area contributed by atoms with Crippen molar-refractivity contribution in [1.82, 2.24) is 14.5 Å². The van der Waals surface area contributed by atoms with Gasteiger partial charge >= 0.3 is 0 Å². The van der Waals surface area contributed by atoms with Crippen molar-refractivity contribution in [2.24, 2.45) is 11.8 Å². The number of amides is 1. The molecule has 0 spiro atoms. The van der Waals surface area contributed by atoms with Gasteiger partial charge in [-0.1, -0.05) is 18.2 Å². The third-order valence-electron chi connectivity index (χ3n) is 8.62. The highest BCUT2D eigenvalue weighted by Gasteiger charge is 2.32. The molecule has 0 bridgehead atoms. The summed E-state index contributed by atoms with van der Waals surface area (Å²) < 4.78 is 16.2. The topological polar surface area (TPSA) is 74.0 Å². The smallest absolute Gasteiger partial charge is 0.253 e. The number of piperidine rings is 1. The van der Waals surface area contributed by atoms with Crippen molar-refractivity contribution >= 4 is 34.0 Å². The second-order valence-corrected chi connectivity index (χ2v) is 11.7. The van der Waals surface area contributed by atoms with E-state index in [-0.39, 0.29) is 17.6 Å². The number of hydrogen-bond donors (Lipinski definition) is 2. The summed E-state index contributed by atoms with van der Waals surface area (Å²) in [7, 11) is 0. The van der Waals surface area contributed by atoms with Crippen LogP contribution in [-0.4, -0.2) is 39.2 Å². The normalized spacial score (nSPS) is 17.8. The van der Waals surface area contributed by atoms with Crippen LogP contribution >= 0.6 is 0 Å². The largest absolute Gasteiger partial charge is 0.355 e. The minimum atomic E-state index is -0.317. The molecular formula is C33H34FN5O. The number of para-hydroxylation sites is 2. The number of rotatable bonds is 8. The third kappa shape index (κ3) is 5.01. The molecule has 1 saturated heterocycles. The molecule has 0 atom stereocenters. The van der Waals surface area contributed by atoms with E-state index in [0.29, 0.717) is 36.0 Å². The van der Waals surface area contributed by atoms with Crippen LogP contribution in [0.25, 0.3) is 11.0 Å². The van der Waals surface area contributed by atoms with Crippen LogP contribution in [-0.2, 0) is 6.54 Å². The van der Waals surface area contributed by atoms with E-state index in [4.69, 9.17) is 10.4 Å². The number of carbonyl (C=O) groups excluding carboxylic acids is 1. The number of anilines is 2. The van der Waals surface area contributed by atoms with Crippen LogP contribution in [0.3, 0.4) is 0 Å². The number of halogens is 1. The zero-order valence-corrected chi connectivity index (χ0v) is 22.6. The van der Waals surface area contributed by atoms with Gasteiger partial charge in [0.05, 0.1) is 11.0 Å². The number of nitrogens with one attached hydrogen (secondary N) is 2. The summed E-state index contributed by atoms with van der Waals surface area (Å²) in [4.78, 5) is 20.6. The quantitative estimate of drug-likeness (QED) is 0.236. The Kier molecular flexibility index (Phi) is 6.37. The Bertz CT molecular complexity index is 1590. The lowest BCUT2D eigenvalue weighted by Crippen LogP contribution is -2.38. The van der Waals surface area contributed by atoms with E-state index in [2.05, 4.69) is 34.1 Å². The summed E-state index contributed by atoms with van der Waals surface area (Å²) in [5.74, 6) is 2.19. The first-order valence-corrected chi connectivity index (χ1v) is 14.5. The van der Waals surface area contributed by atoms with Gasteiger partial charge in [-0.05, 0) is 93.0 Å². The Morgan fingerprint density at radius 1 is 0.950 bits per heavy atom. The maximum Gasteiger partial charge on any atom is 0.253 e. The number of benzene rings is 3. The van der Waals surface area contributed by atoms with Crippen molar-refractivity contribution in [2.45, 2.75) is 51.0 Å². The molecule has 0 unspecified atom stereocenters. The first kappa shape index (κ1) is 25.0. The van der Waals surface area contributed by atoms with Gasteiger partial charge in [0.25, 0.3) is 5.91 Å². The molecule has 3 fully saturated rings. The van der Waals surface area contributed by atoms with Crippen molar-refractivity contribution in [3.8, 4) is 0 Å². The number of aromatic nitrogens is 2. The fourth-order valence-corrected chi connectivity index (χ4v) is 6.00. The molecule has 3 aliphatic rings. The van der Waals surface area contributed by atoms with Crippen LogP contribution < -0.4 is 5.32 Å². The van der Waals surface area contributed by atoms with Gasteiger partial charge in [-0.2, -0.15) is 0 Å². The molecule has 0 radical (unpaired) electrons. The molecule has 7 rings (SSSR count). The second kappa shape index (κ2) is 10.2. The van der Waals surface area contributed by atoms with Gasteiger partial charge < -0.3 is 20.2 Å².